The van der Waals surface area contributed by atoms with Crippen LogP contribution in [0.3, 0.4) is 0 Å². The summed E-state index contributed by atoms with van der Waals surface area (Å²) in [7, 11) is 0. The second-order valence-corrected chi connectivity index (χ2v) is 6.05. The molecule has 0 spiro atoms. The Labute approximate surface area is 139 Å². The summed E-state index contributed by atoms with van der Waals surface area (Å²) >= 11 is 4.44. The van der Waals surface area contributed by atoms with Crippen molar-refractivity contribution >= 4 is 50.1 Å². The third-order valence-electron chi connectivity index (χ3n) is 2.39. The lowest BCUT2D eigenvalue weighted by Crippen LogP contribution is -2.19. The van der Waals surface area contributed by atoms with Crippen molar-refractivity contribution in [2.75, 3.05) is 17.2 Å². The molecule has 116 valence electrons. The van der Waals surface area contributed by atoms with Gasteiger partial charge in [0.1, 0.15) is 5.01 Å². The van der Waals surface area contributed by atoms with E-state index in [2.05, 4.69) is 36.8 Å². The molecule has 0 fully saturated rings. The number of anilines is 2. The summed E-state index contributed by atoms with van der Waals surface area (Å²) in [6, 6.07) is 6.73. The molecule has 9 heteroatoms. The van der Waals surface area contributed by atoms with Crippen LogP contribution in [-0.4, -0.2) is 28.8 Å². The molecule has 0 atom stereocenters. The highest BCUT2D eigenvalue weighted by Crippen LogP contribution is 2.17. The number of urea groups is 1. The van der Waals surface area contributed by atoms with E-state index in [0.29, 0.717) is 22.4 Å². The van der Waals surface area contributed by atoms with Crippen LogP contribution in [0.25, 0.3) is 0 Å². The minimum atomic E-state index is -0.429. The fourth-order valence-electron chi connectivity index (χ4n) is 1.50. The zero-order chi connectivity index (χ0) is 15.9. The van der Waals surface area contributed by atoms with E-state index < -0.39 is 6.03 Å². The standard InChI is InChI=1S/C13H13BrN4O3S/c1-2-21-11(19)7-10-17-18-13(22-10)16-12(20)15-9-5-3-8(14)4-6-9/h3-6H,2,7H2,1H3,(H2,15,16,18,20). The molecule has 0 saturated heterocycles. The number of carbonyl (C=O) groups excluding carboxylic acids is 2. The van der Waals surface area contributed by atoms with Crippen LogP contribution in [0.4, 0.5) is 15.6 Å². The molecule has 22 heavy (non-hydrogen) atoms. The maximum absolute atomic E-state index is 11.8. The zero-order valence-electron chi connectivity index (χ0n) is 11.6. The smallest absolute Gasteiger partial charge is 0.325 e. The minimum absolute atomic E-state index is 0.0432. The van der Waals surface area contributed by atoms with Crippen LogP contribution in [0.5, 0.6) is 0 Å². The number of nitrogens with zero attached hydrogens (tertiary/aromatic N) is 2. The Hall–Kier alpha value is -2.00. The van der Waals surface area contributed by atoms with Crippen molar-refractivity contribution in [3.63, 3.8) is 0 Å². The van der Waals surface area contributed by atoms with Gasteiger partial charge in [0, 0.05) is 10.2 Å². The van der Waals surface area contributed by atoms with Crippen molar-refractivity contribution in [1.29, 1.82) is 0 Å². The van der Waals surface area contributed by atoms with Crippen LogP contribution < -0.4 is 10.6 Å². The molecule has 1 aromatic carbocycles. The van der Waals surface area contributed by atoms with Crippen molar-refractivity contribution in [1.82, 2.24) is 10.2 Å². The van der Waals surface area contributed by atoms with E-state index in [0.717, 1.165) is 15.8 Å². The Balaban J connectivity index is 1.88. The van der Waals surface area contributed by atoms with Gasteiger partial charge in [0.25, 0.3) is 0 Å². The third kappa shape index (κ3) is 5.08. The van der Waals surface area contributed by atoms with E-state index in [1.807, 2.05) is 12.1 Å². The predicted molar refractivity (Wildman–Crippen MR) is 87.0 cm³/mol. The molecule has 0 saturated carbocycles. The number of esters is 1. The maximum Gasteiger partial charge on any atom is 0.325 e. The van der Waals surface area contributed by atoms with Crippen molar-refractivity contribution in [3.8, 4) is 0 Å². The fourth-order valence-corrected chi connectivity index (χ4v) is 2.49. The van der Waals surface area contributed by atoms with Gasteiger partial charge in [-0.25, -0.2) is 4.79 Å². The van der Waals surface area contributed by atoms with Gasteiger partial charge in [-0.2, -0.15) is 0 Å². The Morgan fingerprint density at radius 1 is 1.23 bits per heavy atom. The summed E-state index contributed by atoms with van der Waals surface area (Å²) in [5, 5.41) is 13.7. The van der Waals surface area contributed by atoms with Crippen molar-refractivity contribution in [3.05, 3.63) is 33.7 Å². The van der Waals surface area contributed by atoms with Crippen LogP contribution >= 0.6 is 27.3 Å². The topological polar surface area (TPSA) is 93.2 Å². The highest BCUT2D eigenvalue weighted by molar-refractivity contribution is 9.10. The van der Waals surface area contributed by atoms with Crippen LogP contribution in [0.2, 0.25) is 0 Å². The summed E-state index contributed by atoms with van der Waals surface area (Å²) in [6.45, 7) is 2.05. The minimum Gasteiger partial charge on any atom is -0.466 e. The first-order chi connectivity index (χ1) is 10.6. The van der Waals surface area contributed by atoms with Gasteiger partial charge >= 0.3 is 12.0 Å². The average molecular weight is 385 g/mol. The molecule has 2 N–H and O–H groups in total. The molecule has 7 nitrogen and oxygen atoms in total. The van der Waals surface area contributed by atoms with Crippen LogP contribution in [0.1, 0.15) is 11.9 Å². The Kier molecular flexibility index (Phi) is 5.84. The van der Waals surface area contributed by atoms with Gasteiger partial charge < -0.3 is 10.1 Å². The lowest BCUT2D eigenvalue weighted by Gasteiger charge is -2.04. The number of amides is 2. The monoisotopic (exact) mass is 384 g/mol. The molecule has 1 aromatic heterocycles. The normalized spacial score (nSPS) is 10.1. The SMILES string of the molecule is CCOC(=O)Cc1nnc(NC(=O)Nc2ccc(Br)cc2)s1. The van der Waals surface area contributed by atoms with Crippen LogP contribution in [0.15, 0.2) is 28.7 Å². The lowest BCUT2D eigenvalue weighted by atomic mass is 10.3. The van der Waals surface area contributed by atoms with E-state index in [1.165, 1.54) is 0 Å². The number of hydrogen-bond donors (Lipinski definition) is 2. The molecule has 0 radical (unpaired) electrons. The van der Waals surface area contributed by atoms with E-state index in [1.54, 1.807) is 19.1 Å². The average Bonchev–Trinajstić information content (AvgIpc) is 2.88. The summed E-state index contributed by atoms with van der Waals surface area (Å²) in [6.07, 6.45) is 0.0432. The number of carbonyl (C=O) groups is 2. The Morgan fingerprint density at radius 2 is 1.95 bits per heavy atom. The van der Waals surface area contributed by atoms with Crippen LogP contribution in [0, 0.1) is 0 Å². The molecule has 2 rings (SSSR count). The van der Waals surface area contributed by atoms with Gasteiger partial charge in [-0.15, -0.1) is 10.2 Å². The van der Waals surface area contributed by atoms with Gasteiger partial charge in [-0.3, -0.25) is 10.1 Å². The summed E-state index contributed by atoms with van der Waals surface area (Å²) < 4.78 is 5.74. The molecule has 2 amide bonds. The number of ether oxygens (including phenoxy) is 1. The number of hydrogen-bond acceptors (Lipinski definition) is 6. The van der Waals surface area contributed by atoms with E-state index in [9.17, 15) is 9.59 Å². The van der Waals surface area contributed by atoms with Gasteiger partial charge in [-0.05, 0) is 31.2 Å². The number of benzene rings is 1. The number of nitrogens with one attached hydrogen (secondary N) is 2. The molecule has 0 aliphatic heterocycles. The number of halogens is 1. The van der Waals surface area contributed by atoms with Crippen molar-refractivity contribution in [2.24, 2.45) is 0 Å². The molecule has 1 heterocycles. The quantitative estimate of drug-likeness (QED) is 0.772. The maximum atomic E-state index is 11.8. The highest BCUT2D eigenvalue weighted by Gasteiger charge is 2.12. The van der Waals surface area contributed by atoms with E-state index >= 15 is 0 Å². The Morgan fingerprint density at radius 3 is 2.64 bits per heavy atom. The number of aromatic nitrogens is 2. The van der Waals surface area contributed by atoms with Gasteiger partial charge in [-0.1, -0.05) is 27.3 Å². The first kappa shape index (κ1) is 16.4. The molecule has 0 unspecified atom stereocenters. The first-order valence-corrected chi connectivity index (χ1v) is 7.99. The second-order valence-electron chi connectivity index (χ2n) is 4.07. The first-order valence-electron chi connectivity index (χ1n) is 6.38. The van der Waals surface area contributed by atoms with Crippen molar-refractivity contribution < 1.29 is 14.3 Å². The highest BCUT2D eigenvalue weighted by atomic mass is 79.9. The Bertz CT molecular complexity index is 660. The van der Waals surface area contributed by atoms with E-state index in [-0.39, 0.29) is 12.4 Å². The van der Waals surface area contributed by atoms with Gasteiger partial charge in [0.15, 0.2) is 0 Å². The molecular formula is C13H13BrN4O3S. The predicted octanol–water partition coefficient (Wildman–Crippen LogP) is 3.05. The fraction of sp³-hybridized carbons (Fsp3) is 0.231. The molecular weight excluding hydrogens is 372 g/mol. The zero-order valence-corrected chi connectivity index (χ0v) is 14.0. The van der Waals surface area contributed by atoms with Gasteiger partial charge in [0.05, 0.1) is 13.0 Å². The van der Waals surface area contributed by atoms with Gasteiger partial charge in [0.2, 0.25) is 5.13 Å². The second kappa shape index (κ2) is 7.85. The molecule has 0 aliphatic rings. The summed E-state index contributed by atoms with van der Waals surface area (Å²) in [5.41, 5.74) is 0.650. The van der Waals surface area contributed by atoms with Crippen molar-refractivity contribution in [2.45, 2.75) is 13.3 Å². The third-order valence-corrected chi connectivity index (χ3v) is 3.76. The van der Waals surface area contributed by atoms with E-state index in [4.69, 9.17) is 4.74 Å². The largest absolute Gasteiger partial charge is 0.466 e. The number of rotatable bonds is 5. The molecule has 2 aromatic rings. The summed E-state index contributed by atoms with van der Waals surface area (Å²) in [5.74, 6) is -0.371. The van der Waals surface area contributed by atoms with Crippen LogP contribution in [-0.2, 0) is 16.0 Å². The summed E-state index contributed by atoms with van der Waals surface area (Å²) in [4.78, 5) is 23.1. The molecule has 0 bridgehead atoms. The molecule has 0 aliphatic carbocycles. The lowest BCUT2D eigenvalue weighted by molar-refractivity contribution is -0.142.